The van der Waals surface area contributed by atoms with Crippen LogP contribution >= 0.6 is 0 Å². The third kappa shape index (κ3) is 7.87. The van der Waals surface area contributed by atoms with Gasteiger partial charge in [-0.15, -0.1) is 0 Å². The number of primary amides is 1. The molecule has 4 unspecified atom stereocenters. The van der Waals surface area contributed by atoms with E-state index >= 15 is 0 Å². The van der Waals surface area contributed by atoms with Crippen molar-refractivity contribution >= 4 is 29.6 Å². The molecule has 0 radical (unpaired) electrons. The van der Waals surface area contributed by atoms with E-state index in [0.717, 1.165) is 6.92 Å². The van der Waals surface area contributed by atoms with Gasteiger partial charge in [-0.25, -0.2) is 4.79 Å². The van der Waals surface area contributed by atoms with Gasteiger partial charge in [0, 0.05) is 0 Å². The van der Waals surface area contributed by atoms with Gasteiger partial charge in [0.1, 0.15) is 18.1 Å². The summed E-state index contributed by atoms with van der Waals surface area (Å²) in [5, 5.41) is 33.5. The normalized spacial score (nSPS) is 15.1. The van der Waals surface area contributed by atoms with Gasteiger partial charge < -0.3 is 42.7 Å². The molecule has 26 heavy (non-hydrogen) atoms. The average Bonchev–Trinajstić information content (AvgIpc) is 2.55. The van der Waals surface area contributed by atoms with E-state index in [9.17, 15) is 29.1 Å². The van der Waals surface area contributed by atoms with Crippen LogP contribution in [0.4, 0.5) is 0 Å². The van der Waals surface area contributed by atoms with Crippen LogP contribution in [0.15, 0.2) is 0 Å². The Hall–Kier alpha value is -2.77. The Balaban J connectivity index is 5.21. The Morgan fingerprint density at radius 2 is 1.58 bits per heavy atom. The SMILES string of the molecule is CC(O)C(NC(=O)C(CC(N)=O)NC(=O)CN)C(=O)NC(CO)C(=O)O. The topological polar surface area (TPSA) is 234 Å². The minimum absolute atomic E-state index is 0.473. The number of nitrogens with two attached hydrogens (primary N) is 2. The smallest absolute Gasteiger partial charge is 0.328 e. The van der Waals surface area contributed by atoms with Gasteiger partial charge in [0.2, 0.25) is 23.6 Å². The van der Waals surface area contributed by atoms with Crippen LogP contribution in [-0.4, -0.2) is 82.3 Å². The lowest BCUT2D eigenvalue weighted by Gasteiger charge is -2.25. The first-order valence-electron chi connectivity index (χ1n) is 7.43. The third-order valence-electron chi connectivity index (χ3n) is 3.10. The molecular formula is C13H23N5O8. The first kappa shape index (κ1) is 23.2. The molecule has 0 spiro atoms. The zero-order chi connectivity index (χ0) is 20.4. The second-order valence-corrected chi connectivity index (χ2v) is 5.30. The van der Waals surface area contributed by atoms with E-state index in [2.05, 4.69) is 10.6 Å². The molecule has 13 heteroatoms. The predicted octanol–water partition coefficient (Wildman–Crippen LogP) is -5.27. The Bertz CT molecular complexity index is 553. The van der Waals surface area contributed by atoms with Crippen LogP contribution in [0.5, 0.6) is 0 Å². The second-order valence-electron chi connectivity index (χ2n) is 5.30. The van der Waals surface area contributed by atoms with E-state index in [-0.39, 0.29) is 0 Å². The molecular weight excluding hydrogens is 354 g/mol. The molecule has 0 fully saturated rings. The van der Waals surface area contributed by atoms with E-state index in [1.165, 1.54) is 0 Å². The predicted molar refractivity (Wildman–Crippen MR) is 85.1 cm³/mol. The van der Waals surface area contributed by atoms with Crippen molar-refractivity contribution in [3.8, 4) is 0 Å². The van der Waals surface area contributed by atoms with Crippen molar-refractivity contribution < 1.29 is 39.3 Å². The minimum atomic E-state index is -1.65. The van der Waals surface area contributed by atoms with Crippen LogP contribution in [0.1, 0.15) is 13.3 Å². The summed E-state index contributed by atoms with van der Waals surface area (Å²) in [4.78, 5) is 57.5. The molecule has 0 aromatic rings. The third-order valence-corrected chi connectivity index (χ3v) is 3.10. The zero-order valence-corrected chi connectivity index (χ0v) is 14.0. The van der Waals surface area contributed by atoms with Crippen molar-refractivity contribution in [2.75, 3.05) is 13.2 Å². The number of carboxylic acid groups (broad SMARTS) is 1. The number of aliphatic carboxylic acids is 1. The number of hydrogen-bond donors (Lipinski definition) is 8. The number of hydrogen-bond acceptors (Lipinski definition) is 8. The molecule has 148 valence electrons. The van der Waals surface area contributed by atoms with Crippen LogP contribution in [0.2, 0.25) is 0 Å². The Morgan fingerprint density at radius 3 is 1.96 bits per heavy atom. The quantitative estimate of drug-likeness (QED) is 0.171. The number of nitrogens with one attached hydrogen (secondary N) is 3. The lowest BCUT2D eigenvalue weighted by molar-refractivity contribution is -0.144. The van der Waals surface area contributed by atoms with Crippen molar-refractivity contribution in [2.24, 2.45) is 11.5 Å². The van der Waals surface area contributed by atoms with Gasteiger partial charge in [-0.05, 0) is 6.92 Å². The first-order chi connectivity index (χ1) is 12.0. The van der Waals surface area contributed by atoms with Crippen LogP contribution < -0.4 is 27.4 Å². The van der Waals surface area contributed by atoms with Crippen LogP contribution in [0.25, 0.3) is 0 Å². The van der Waals surface area contributed by atoms with E-state index in [4.69, 9.17) is 21.7 Å². The highest BCUT2D eigenvalue weighted by atomic mass is 16.4. The van der Waals surface area contributed by atoms with Crippen molar-refractivity contribution in [3.05, 3.63) is 0 Å². The van der Waals surface area contributed by atoms with Crippen LogP contribution in [-0.2, 0) is 24.0 Å². The molecule has 0 aromatic heterocycles. The summed E-state index contributed by atoms with van der Waals surface area (Å²) < 4.78 is 0. The second kappa shape index (κ2) is 11.0. The number of aliphatic hydroxyl groups excluding tert-OH is 2. The fourth-order valence-electron chi connectivity index (χ4n) is 1.77. The van der Waals surface area contributed by atoms with Gasteiger partial charge in [-0.2, -0.15) is 0 Å². The summed E-state index contributed by atoms with van der Waals surface area (Å²) in [5.74, 6) is -5.35. The van der Waals surface area contributed by atoms with Crippen molar-refractivity contribution in [1.82, 2.24) is 16.0 Å². The number of carboxylic acids is 1. The number of rotatable bonds is 11. The number of aliphatic hydroxyl groups is 2. The molecule has 0 heterocycles. The highest BCUT2D eigenvalue weighted by Gasteiger charge is 2.32. The number of carbonyl (C=O) groups excluding carboxylic acids is 4. The van der Waals surface area contributed by atoms with Crippen molar-refractivity contribution in [3.63, 3.8) is 0 Å². The van der Waals surface area contributed by atoms with Gasteiger partial charge in [-0.1, -0.05) is 0 Å². The molecule has 10 N–H and O–H groups in total. The molecule has 0 bridgehead atoms. The molecule has 4 amide bonds. The van der Waals surface area contributed by atoms with Crippen molar-refractivity contribution in [2.45, 2.75) is 37.6 Å². The molecule has 0 aliphatic carbocycles. The molecule has 13 nitrogen and oxygen atoms in total. The van der Waals surface area contributed by atoms with E-state index in [0.29, 0.717) is 0 Å². The highest BCUT2D eigenvalue weighted by Crippen LogP contribution is 1.99. The van der Waals surface area contributed by atoms with E-state index < -0.39 is 73.4 Å². The summed E-state index contributed by atoms with van der Waals surface area (Å²) in [6.07, 6.45) is -2.06. The molecule has 0 saturated heterocycles. The molecule has 0 aliphatic rings. The molecule has 0 saturated carbocycles. The van der Waals surface area contributed by atoms with E-state index in [1.54, 1.807) is 0 Å². The number of carbonyl (C=O) groups is 5. The van der Waals surface area contributed by atoms with Gasteiger partial charge in [0.05, 0.1) is 25.7 Å². The van der Waals surface area contributed by atoms with Gasteiger partial charge in [-0.3, -0.25) is 19.2 Å². The zero-order valence-electron chi connectivity index (χ0n) is 14.0. The summed E-state index contributed by atoms with van der Waals surface area (Å²) in [6, 6.07) is -4.73. The summed E-state index contributed by atoms with van der Waals surface area (Å²) in [6.45, 7) is -0.251. The Morgan fingerprint density at radius 1 is 1.00 bits per heavy atom. The molecule has 4 atom stereocenters. The minimum Gasteiger partial charge on any atom is -0.480 e. The monoisotopic (exact) mass is 377 g/mol. The maximum absolute atomic E-state index is 12.2. The summed E-state index contributed by atoms with van der Waals surface area (Å²) in [7, 11) is 0. The lowest BCUT2D eigenvalue weighted by Crippen LogP contribution is -2.60. The Kier molecular flexibility index (Phi) is 9.80. The summed E-state index contributed by atoms with van der Waals surface area (Å²) in [5.41, 5.74) is 10.1. The summed E-state index contributed by atoms with van der Waals surface area (Å²) >= 11 is 0. The van der Waals surface area contributed by atoms with Gasteiger partial charge in [0.25, 0.3) is 0 Å². The largest absolute Gasteiger partial charge is 0.480 e. The maximum atomic E-state index is 12.2. The first-order valence-corrected chi connectivity index (χ1v) is 7.43. The van der Waals surface area contributed by atoms with Crippen LogP contribution in [0.3, 0.4) is 0 Å². The molecule has 0 rings (SSSR count). The molecule has 0 aromatic carbocycles. The highest BCUT2D eigenvalue weighted by molar-refractivity contribution is 5.95. The maximum Gasteiger partial charge on any atom is 0.328 e. The van der Waals surface area contributed by atoms with Gasteiger partial charge in [0.15, 0.2) is 0 Å². The molecule has 0 aliphatic heterocycles. The fourth-order valence-corrected chi connectivity index (χ4v) is 1.77. The standard InChI is InChI=1S/C13H23N5O8/c1-5(20)10(12(24)17-7(4-19)13(25)26)18-11(23)6(2-8(15)21)16-9(22)3-14/h5-7,10,19-20H,2-4,14H2,1H3,(H2,15,21)(H,16,22)(H,17,24)(H,18,23)(H,25,26). The van der Waals surface area contributed by atoms with E-state index in [1.807, 2.05) is 5.32 Å². The fraction of sp³-hybridized carbons (Fsp3) is 0.615. The average molecular weight is 377 g/mol. The Labute approximate surface area is 148 Å². The number of amides is 4. The van der Waals surface area contributed by atoms with Crippen LogP contribution in [0, 0.1) is 0 Å². The van der Waals surface area contributed by atoms with Crippen molar-refractivity contribution in [1.29, 1.82) is 0 Å². The lowest BCUT2D eigenvalue weighted by atomic mass is 10.1. The van der Waals surface area contributed by atoms with Gasteiger partial charge >= 0.3 is 5.97 Å².